The van der Waals surface area contributed by atoms with E-state index in [1.54, 1.807) is 12.3 Å². The van der Waals surface area contributed by atoms with Crippen molar-refractivity contribution in [1.29, 1.82) is 5.41 Å². The fourth-order valence-corrected chi connectivity index (χ4v) is 1.16. The molecule has 0 amide bonds. The Bertz CT molecular complexity index is 309. The molecule has 3 nitrogen and oxygen atoms in total. The average molecular weight is 184 g/mol. The van der Waals surface area contributed by atoms with Crippen molar-refractivity contribution in [2.45, 2.75) is 6.92 Å². The fourth-order valence-electron chi connectivity index (χ4n) is 0.948. The van der Waals surface area contributed by atoms with Crippen molar-refractivity contribution in [2.75, 3.05) is 6.54 Å². The van der Waals surface area contributed by atoms with Gasteiger partial charge < -0.3 is 11.1 Å². The minimum Gasteiger partial charge on any atom is -0.325 e. The lowest BCUT2D eigenvalue weighted by Crippen LogP contribution is -2.15. The van der Waals surface area contributed by atoms with Gasteiger partial charge in [-0.3, -0.25) is 0 Å². The summed E-state index contributed by atoms with van der Waals surface area (Å²) >= 11 is 5.65. The van der Waals surface area contributed by atoms with Crippen molar-refractivity contribution in [3.63, 3.8) is 0 Å². The van der Waals surface area contributed by atoms with Crippen molar-refractivity contribution in [3.8, 4) is 0 Å². The highest BCUT2D eigenvalue weighted by Crippen LogP contribution is 2.11. The van der Waals surface area contributed by atoms with Crippen molar-refractivity contribution in [1.82, 2.24) is 4.98 Å². The number of pyridine rings is 1. The van der Waals surface area contributed by atoms with Crippen LogP contribution < -0.4 is 5.73 Å². The summed E-state index contributed by atoms with van der Waals surface area (Å²) in [7, 11) is 0. The van der Waals surface area contributed by atoms with Crippen LogP contribution in [-0.2, 0) is 0 Å². The van der Waals surface area contributed by atoms with Crippen LogP contribution in [0.1, 0.15) is 11.1 Å². The molecular formula is C8H10ClN3. The molecule has 0 saturated carbocycles. The van der Waals surface area contributed by atoms with Crippen LogP contribution in [-0.4, -0.2) is 17.2 Å². The van der Waals surface area contributed by atoms with Gasteiger partial charge >= 0.3 is 0 Å². The quantitative estimate of drug-likeness (QED) is 0.538. The van der Waals surface area contributed by atoms with Crippen molar-refractivity contribution in [3.05, 3.63) is 28.5 Å². The number of nitrogens with one attached hydrogen (secondary N) is 1. The fraction of sp³-hybridized carbons (Fsp3) is 0.250. The van der Waals surface area contributed by atoms with Crippen LogP contribution in [0, 0.1) is 12.3 Å². The molecule has 3 N–H and O–H groups in total. The minimum atomic E-state index is 0.226. The Balaban J connectivity index is 3.09. The van der Waals surface area contributed by atoms with E-state index in [4.69, 9.17) is 22.7 Å². The minimum absolute atomic E-state index is 0.226. The number of nitrogens with zero attached hydrogens (tertiary/aromatic N) is 1. The van der Waals surface area contributed by atoms with Gasteiger partial charge in [-0.1, -0.05) is 11.6 Å². The average Bonchev–Trinajstić information content (AvgIpc) is 2.03. The highest BCUT2D eigenvalue weighted by molar-refractivity contribution is 6.29. The third-order valence-electron chi connectivity index (χ3n) is 1.61. The summed E-state index contributed by atoms with van der Waals surface area (Å²) in [6.45, 7) is 2.11. The summed E-state index contributed by atoms with van der Waals surface area (Å²) in [6.07, 6.45) is 1.58. The molecule has 1 aromatic rings. The zero-order valence-electron chi connectivity index (χ0n) is 6.76. The van der Waals surface area contributed by atoms with Crippen LogP contribution in [0.4, 0.5) is 0 Å². The number of rotatable bonds is 2. The van der Waals surface area contributed by atoms with Gasteiger partial charge in [-0.15, -0.1) is 0 Å². The molecule has 0 spiro atoms. The number of aryl methyl sites for hydroxylation is 1. The predicted molar refractivity (Wildman–Crippen MR) is 49.9 cm³/mol. The normalized spacial score (nSPS) is 9.92. The molecule has 0 unspecified atom stereocenters. The van der Waals surface area contributed by atoms with Gasteiger partial charge in [0.15, 0.2) is 0 Å². The molecule has 1 rings (SSSR count). The third-order valence-corrected chi connectivity index (χ3v) is 1.81. The standard InChI is InChI=1S/C8H10ClN3/c1-5-2-8(9)12-4-6(5)7(11)3-10/h2,4,11H,3,10H2,1H3. The van der Waals surface area contributed by atoms with E-state index in [2.05, 4.69) is 4.98 Å². The van der Waals surface area contributed by atoms with Crippen LogP contribution in [0.3, 0.4) is 0 Å². The lowest BCUT2D eigenvalue weighted by molar-refractivity contribution is 1.21. The number of hydrogen-bond acceptors (Lipinski definition) is 3. The van der Waals surface area contributed by atoms with Gasteiger partial charge in [-0.05, 0) is 18.6 Å². The Kier molecular flexibility index (Phi) is 2.78. The lowest BCUT2D eigenvalue weighted by atomic mass is 10.1. The topological polar surface area (TPSA) is 62.8 Å². The SMILES string of the molecule is Cc1cc(Cl)ncc1C(=N)CN. The maximum absolute atomic E-state index is 7.48. The van der Waals surface area contributed by atoms with Gasteiger partial charge in [-0.25, -0.2) is 4.98 Å². The van der Waals surface area contributed by atoms with Gasteiger partial charge in [0.1, 0.15) is 5.15 Å². The van der Waals surface area contributed by atoms with E-state index in [-0.39, 0.29) is 6.54 Å². The Morgan fingerprint density at radius 1 is 1.75 bits per heavy atom. The zero-order valence-corrected chi connectivity index (χ0v) is 7.52. The Morgan fingerprint density at radius 3 is 2.92 bits per heavy atom. The van der Waals surface area contributed by atoms with E-state index in [1.165, 1.54) is 0 Å². The van der Waals surface area contributed by atoms with Crippen LogP contribution in [0.25, 0.3) is 0 Å². The number of aromatic nitrogens is 1. The molecule has 0 radical (unpaired) electrons. The second-order valence-electron chi connectivity index (χ2n) is 2.50. The predicted octanol–water partition coefficient (Wildman–Crippen LogP) is 1.37. The third kappa shape index (κ3) is 1.81. The maximum atomic E-state index is 7.48. The van der Waals surface area contributed by atoms with Gasteiger partial charge in [0, 0.05) is 18.3 Å². The maximum Gasteiger partial charge on any atom is 0.129 e. The van der Waals surface area contributed by atoms with Gasteiger partial charge in [0.2, 0.25) is 0 Å². The monoisotopic (exact) mass is 183 g/mol. The van der Waals surface area contributed by atoms with Gasteiger partial charge in [0.05, 0.1) is 5.71 Å². The summed E-state index contributed by atoms with van der Waals surface area (Å²) in [5.41, 5.74) is 7.41. The van der Waals surface area contributed by atoms with E-state index in [0.29, 0.717) is 10.9 Å². The molecule has 0 aromatic carbocycles. The number of nitrogens with two attached hydrogens (primary N) is 1. The number of hydrogen-bond donors (Lipinski definition) is 2. The summed E-state index contributed by atoms with van der Waals surface area (Å²) < 4.78 is 0. The Labute approximate surface area is 76.1 Å². The van der Waals surface area contributed by atoms with Gasteiger partial charge in [-0.2, -0.15) is 0 Å². The van der Waals surface area contributed by atoms with E-state index < -0.39 is 0 Å². The molecule has 0 saturated heterocycles. The molecular weight excluding hydrogens is 174 g/mol. The summed E-state index contributed by atoms with van der Waals surface area (Å²) in [4.78, 5) is 3.88. The van der Waals surface area contributed by atoms with E-state index in [1.807, 2.05) is 6.92 Å². The summed E-state index contributed by atoms with van der Waals surface area (Å²) in [6, 6.07) is 1.72. The first-order chi connectivity index (χ1) is 5.65. The first-order valence-electron chi connectivity index (χ1n) is 3.55. The van der Waals surface area contributed by atoms with Crippen LogP contribution >= 0.6 is 11.6 Å². The zero-order chi connectivity index (χ0) is 9.14. The second kappa shape index (κ2) is 3.65. The lowest BCUT2D eigenvalue weighted by Gasteiger charge is -2.04. The van der Waals surface area contributed by atoms with Gasteiger partial charge in [0.25, 0.3) is 0 Å². The molecule has 0 fully saturated rings. The molecule has 12 heavy (non-hydrogen) atoms. The highest BCUT2D eigenvalue weighted by Gasteiger charge is 2.03. The highest BCUT2D eigenvalue weighted by atomic mass is 35.5. The largest absolute Gasteiger partial charge is 0.325 e. The first-order valence-corrected chi connectivity index (χ1v) is 3.93. The van der Waals surface area contributed by atoms with Crippen LogP contribution in [0.5, 0.6) is 0 Å². The van der Waals surface area contributed by atoms with Crippen molar-refractivity contribution >= 4 is 17.3 Å². The van der Waals surface area contributed by atoms with Crippen LogP contribution in [0.2, 0.25) is 5.15 Å². The Morgan fingerprint density at radius 2 is 2.42 bits per heavy atom. The summed E-state index contributed by atoms with van der Waals surface area (Å²) in [5.74, 6) is 0. The number of halogens is 1. The first kappa shape index (κ1) is 9.16. The van der Waals surface area contributed by atoms with E-state index in [0.717, 1.165) is 11.1 Å². The second-order valence-corrected chi connectivity index (χ2v) is 2.89. The molecule has 4 heteroatoms. The molecule has 64 valence electrons. The van der Waals surface area contributed by atoms with E-state index in [9.17, 15) is 0 Å². The molecule has 0 aliphatic rings. The van der Waals surface area contributed by atoms with Crippen LogP contribution in [0.15, 0.2) is 12.3 Å². The molecule has 0 bridgehead atoms. The molecule has 0 aliphatic heterocycles. The van der Waals surface area contributed by atoms with E-state index >= 15 is 0 Å². The summed E-state index contributed by atoms with van der Waals surface area (Å²) in [5, 5.41) is 7.93. The Hall–Kier alpha value is -0.930. The van der Waals surface area contributed by atoms with Crippen molar-refractivity contribution in [2.24, 2.45) is 5.73 Å². The smallest absolute Gasteiger partial charge is 0.129 e. The van der Waals surface area contributed by atoms with Crippen molar-refractivity contribution < 1.29 is 0 Å². The molecule has 1 aromatic heterocycles. The molecule has 0 aliphatic carbocycles. The molecule has 0 atom stereocenters. The molecule has 1 heterocycles.